The Hall–Kier alpha value is -1.39. The lowest BCUT2D eigenvalue weighted by Gasteiger charge is -2.30. The third-order valence-electron chi connectivity index (χ3n) is 5.93. The summed E-state index contributed by atoms with van der Waals surface area (Å²) in [5.41, 5.74) is 1.29. The number of likely N-dealkylation sites (tertiary alicyclic amines) is 1. The molecule has 2 aromatic rings. The molecule has 0 N–H and O–H groups in total. The van der Waals surface area contributed by atoms with Crippen LogP contribution in [0.4, 0.5) is 0 Å². The average Bonchev–Trinajstić information content (AvgIpc) is 3.42. The number of carbonyl (C=O) groups is 1. The lowest BCUT2D eigenvalue weighted by molar-refractivity contribution is 0.0830. The van der Waals surface area contributed by atoms with Gasteiger partial charge in [0.25, 0.3) is 5.91 Å². The smallest absolute Gasteiger partial charge is 0.263 e. The molecule has 2 aliphatic rings. The molecule has 4 heteroatoms. The Balaban J connectivity index is 1.67. The fraction of sp³-hybridized carbons (Fsp3) is 0.591. The van der Waals surface area contributed by atoms with Gasteiger partial charge in [0.05, 0.1) is 4.88 Å². The molecule has 2 heterocycles. The number of thiophene rings is 1. The summed E-state index contributed by atoms with van der Waals surface area (Å²) >= 11 is 1.67. The van der Waals surface area contributed by atoms with Crippen LogP contribution in [0.25, 0.3) is 10.1 Å². The van der Waals surface area contributed by atoms with Crippen molar-refractivity contribution in [3.05, 3.63) is 34.7 Å². The first-order valence-corrected chi connectivity index (χ1v) is 10.9. The van der Waals surface area contributed by atoms with Crippen molar-refractivity contribution in [1.82, 2.24) is 9.80 Å². The molecule has 1 amide bonds. The van der Waals surface area contributed by atoms with E-state index in [2.05, 4.69) is 29.2 Å². The molecule has 1 saturated heterocycles. The first kappa shape index (κ1) is 18.0. The highest BCUT2D eigenvalue weighted by Gasteiger charge is 2.30. The molecule has 1 aliphatic heterocycles. The van der Waals surface area contributed by atoms with Crippen molar-refractivity contribution in [3.63, 3.8) is 0 Å². The Kier molecular flexibility index (Phi) is 5.32. The van der Waals surface area contributed by atoms with E-state index >= 15 is 0 Å². The van der Waals surface area contributed by atoms with Crippen molar-refractivity contribution in [2.24, 2.45) is 5.92 Å². The van der Waals surface area contributed by atoms with Gasteiger partial charge in [-0.2, -0.15) is 0 Å². The van der Waals surface area contributed by atoms with Gasteiger partial charge in [0.15, 0.2) is 0 Å². The summed E-state index contributed by atoms with van der Waals surface area (Å²) in [6.07, 6.45) is 9.12. The van der Waals surface area contributed by atoms with E-state index in [0.717, 1.165) is 17.2 Å². The summed E-state index contributed by atoms with van der Waals surface area (Å²) in [5.74, 6) is 1.08. The van der Waals surface area contributed by atoms with Gasteiger partial charge in [-0.25, -0.2) is 0 Å². The minimum Gasteiger partial charge on any atom is -0.344 e. The molecular formula is C22H30N2OS. The summed E-state index contributed by atoms with van der Waals surface area (Å²) in [6, 6.07) is 9.14. The number of nitrogens with zero attached hydrogens (tertiary/aromatic N) is 2. The maximum Gasteiger partial charge on any atom is 0.263 e. The molecule has 0 unspecified atom stereocenters. The van der Waals surface area contributed by atoms with E-state index in [-0.39, 0.29) is 5.91 Å². The number of amides is 1. The lowest BCUT2D eigenvalue weighted by atomic mass is 9.97. The van der Waals surface area contributed by atoms with Gasteiger partial charge in [0.2, 0.25) is 0 Å². The predicted molar refractivity (Wildman–Crippen MR) is 110 cm³/mol. The van der Waals surface area contributed by atoms with Gasteiger partial charge in [-0.15, -0.1) is 11.3 Å². The number of hydrogen-bond donors (Lipinski definition) is 0. The lowest BCUT2D eigenvalue weighted by Crippen LogP contribution is -2.38. The van der Waals surface area contributed by atoms with Crippen LogP contribution in [-0.4, -0.2) is 48.9 Å². The van der Waals surface area contributed by atoms with Gasteiger partial charge < -0.3 is 4.90 Å². The monoisotopic (exact) mass is 370 g/mol. The van der Waals surface area contributed by atoms with Crippen LogP contribution in [0.15, 0.2) is 24.3 Å². The predicted octanol–water partition coefficient (Wildman–Crippen LogP) is 4.80. The van der Waals surface area contributed by atoms with Crippen LogP contribution in [-0.2, 0) is 6.42 Å². The van der Waals surface area contributed by atoms with Crippen LogP contribution in [0, 0.1) is 5.92 Å². The minimum atomic E-state index is 0.156. The van der Waals surface area contributed by atoms with Crippen LogP contribution in [0.3, 0.4) is 0 Å². The van der Waals surface area contributed by atoms with Crippen molar-refractivity contribution in [2.45, 2.75) is 51.0 Å². The van der Waals surface area contributed by atoms with E-state index in [0.29, 0.717) is 6.04 Å². The summed E-state index contributed by atoms with van der Waals surface area (Å²) < 4.78 is 1.25. The molecular weight excluding hydrogens is 340 g/mol. The van der Waals surface area contributed by atoms with Gasteiger partial charge in [0.1, 0.15) is 0 Å². The molecule has 3 nitrogen and oxygen atoms in total. The van der Waals surface area contributed by atoms with Crippen LogP contribution in [0.1, 0.15) is 53.8 Å². The highest BCUT2D eigenvalue weighted by Crippen LogP contribution is 2.36. The second-order valence-electron chi connectivity index (χ2n) is 8.25. The van der Waals surface area contributed by atoms with Gasteiger partial charge in [-0.05, 0) is 61.6 Å². The standard InChI is InChI=1S/C22H30N2OS/c1-23(2)22(25)21-19(18-9-5-6-10-20(18)26-21)14-17-8-4-3-7-13-24(17)15-16-11-12-16/h5-6,9-10,16-17H,3-4,7-8,11-15H2,1-2H3/t17-/m1/s1. The Morgan fingerprint density at radius 2 is 1.96 bits per heavy atom. The van der Waals surface area contributed by atoms with E-state index in [1.165, 1.54) is 67.3 Å². The summed E-state index contributed by atoms with van der Waals surface area (Å²) in [4.78, 5) is 18.3. The largest absolute Gasteiger partial charge is 0.344 e. The number of rotatable bonds is 5. The van der Waals surface area contributed by atoms with E-state index < -0.39 is 0 Å². The highest BCUT2D eigenvalue weighted by atomic mass is 32.1. The second-order valence-corrected chi connectivity index (χ2v) is 9.30. The Morgan fingerprint density at radius 3 is 2.73 bits per heavy atom. The number of carbonyl (C=O) groups excluding carboxylic acids is 1. The zero-order valence-corrected chi connectivity index (χ0v) is 16.9. The molecule has 0 bridgehead atoms. The topological polar surface area (TPSA) is 23.6 Å². The minimum absolute atomic E-state index is 0.156. The number of hydrogen-bond acceptors (Lipinski definition) is 3. The highest BCUT2D eigenvalue weighted by molar-refractivity contribution is 7.21. The molecule has 4 rings (SSSR count). The van der Waals surface area contributed by atoms with Crippen LogP contribution in [0.5, 0.6) is 0 Å². The third kappa shape index (κ3) is 3.81. The average molecular weight is 371 g/mol. The molecule has 0 radical (unpaired) electrons. The fourth-order valence-electron chi connectivity index (χ4n) is 4.25. The molecule has 1 aromatic heterocycles. The van der Waals surface area contributed by atoms with Gasteiger partial charge >= 0.3 is 0 Å². The van der Waals surface area contributed by atoms with Crippen LogP contribution in [0.2, 0.25) is 0 Å². The molecule has 2 fully saturated rings. The van der Waals surface area contributed by atoms with E-state index in [1.807, 2.05) is 14.1 Å². The molecule has 1 aliphatic carbocycles. The molecule has 1 saturated carbocycles. The Morgan fingerprint density at radius 1 is 1.15 bits per heavy atom. The van der Waals surface area contributed by atoms with Crippen LogP contribution >= 0.6 is 11.3 Å². The number of benzene rings is 1. The Bertz CT molecular complexity index is 778. The Labute approximate surface area is 161 Å². The maximum absolute atomic E-state index is 12.8. The number of fused-ring (bicyclic) bond motifs is 1. The van der Waals surface area contributed by atoms with Crippen molar-refractivity contribution in [3.8, 4) is 0 Å². The molecule has 1 atom stereocenters. The van der Waals surface area contributed by atoms with Crippen molar-refractivity contribution < 1.29 is 4.79 Å². The third-order valence-corrected chi connectivity index (χ3v) is 7.13. The van der Waals surface area contributed by atoms with Gasteiger partial charge in [0, 0.05) is 31.4 Å². The van der Waals surface area contributed by atoms with Crippen LogP contribution < -0.4 is 0 Å². The zero-order chi connectivity index (χ0) is 18.1. The van der Waals surface area contributed by atoms with E-state index in [1.54, 1.807) is 16.2 Å². The van der Waals surface area contributed by atoms with Gasteiger partial charge in [-0.3, -0.25) is 9.69 Å². The zero-order valence-electron chi connectivity index (χ0n) is 16.0. The normalized spacial score (nSPS) is 21.7. The quantitative estimate of drug-likeness (QED) is 0.755. The first-order valence-electron chi connectivity index (χ1n) is 10.1. The maximum atomic E-state index is 12.8. The van der Waals surface area contributed by atoms with E-state index in [9.17, 15) is 4.79 Å². The second kappa shape index (κ2) is 7.69. The van der Waals surface area contributed by atoms with Crippen molar-refractivity contribution in [2.75, 3.05) is 27.2 Å². The summed E-state index contributed by atoms with van der Waals surface area (Å²) in [5, 5.41) is 1.29. The van der Waals surface area contributed by atoms with Crippen molar-refractivity contribution >= 4 is 27.3 Å². The summed E-state index contributed by atoms with van der Waals surface area (Å²) in [6.45, 7) is 2.50. The molecule has 1 aromatic carbocycles. The summed E-state index contributed by atoms with van der Waals surface area (Å²) in [7, 11) is 3.73. The van der Waals surface area contributed by atoms with E-state index in [4.69, 9.17) is 0 Å². The van der Waals surface area contributed by atoms with Gasteiger partial charge in [-0.1, -0.05) is 31.0 Å². The molecule has 26 heavy (non-hydrogen) atoms. The SMILES string of the molecule is CN(C)C(=O)c1sc2ccccc2c1C[C@H]1CCCCCN1CC1CC1. The van der Waals surface area contributed by atoms with Crippen molar-refractivity contribution in [1.29, 1.82) is 0 Å². The first-order chi connectivity index (χ1) is 12.6. The molecule has 140 valence electrons. The molecule has 0 spiro atoms. The fourth-order valence-corrected chi connectivity index (χ4v) is 5.51.